The van der Waals surface area contributed by atoms with E-state index in [-0.39, 0.29) is 6.10 Å². The maximum Gasteiger partial charge on any atom is 0.194 e. The molecule has 5 heteroatoms. The van der Waals surface area contributed by atoms with Gasteiger partial charge in [0.2, 0.25) is 0 Å². The number of benzene rings is 1. The number of nitrogens with two attached hydrogens (primary N) is 1. The first-order valence-corrected chi connectivity index (χ1v) is 8.34. The average molecular weight is 302 g/mol. The Bertz CT molecular complexity index is 517. The van der Waals surface area contributed by atoms with Gasteiger partial charge in [-0.15, -0.1) is 0 Å². The van der Waals surface area contributed by atoms with Crippen LogP contribution >= 0.6 is 0 Å². The summed E-state index contributed by atoms with van der Waals surface area (Å²) in [4.78, 5) is 6.94. The van der Waals surface area contributed by atoms with E-state index >= 15 is 0 Å². The summed E-state index contributed by atoms with van der Waals surface area (Å²) in [6.45, 7) is 4.43. The highest BCUT2D eigenvalue weighted by Gasteiger charge is 2.23. The highest BCUT2D eigenvalue weighted by molar-refractivity contribution is 5.80. The van der Waals surface area contributed by atoms with E-state index in [1.165, 1.54) is 5.56 Å². The molecule has 1 aromatic carbocycles. The molecule has 0 aliphatic carbocycles. The van der Waals surface area contributed by atoms with Gasteiger partial charge in [-0.1, -0.05) is 18.2 Å². The van der Waals surface area contributed by atoms with E-state index < -0.39 is 0 Å². The van der Waals surface area contributed by atoms with Crippen LogP contribution in [0.1, 0.15) is 24.8 Å². The molecule has 0 bridgehead atoms. The molecular formula is C17H26N4O. The summed E-state index contributed by atoms with van der Waals surface area (Å²) in [6.07, 6.45) is 4.46. The third-order valence-electron chi connectivity index (χ3n) is 4.24. The molecule has 0 fully saturated rings. The number of aryl methyl sites for hydroxylation is 1. The van der Waals surface area contributed by atoms with Gasteiger partial charge in [0.15, 0.2) is 5.96 Å². The number of nitrogens with one attached hydrogen (secondary N) is 1. The molecule has 2 heterocycles. The van der Waals surface area contributed by atoms with Crippen molar-refractivity contribution in [3.63, 3.8) is 0 Å². The molecule has 3 N–H and O–H groups in total. The van der Waals surface area contributed by atoms with Crippen molar-refractivity contribution in [1.82, 2.24) is 10.2 Å². The fraction of sp³-hybridized carbons (Fsp3) is 0.588. The van der Waals surface area contributed by atoms with Crippen LogP contribution in [0.4, 0.5) is 0 Å². The molecular weight excluding hydrogens is 276 g/mol. The van der Waals surface area contributed by atoms with Gasteiger partial charge in [-0.05, 0) is 43.9 Å². The minimum atomic E-state index is 0.221. The number of rotatable bonds is 5. The van der Waals surface area contributed by atoms with E-state index in [1.54, 1.807) is 0 Å². The van der Waals surface area contributed by atoms with Gasteiger partial charge in [0.1, 0.15) is 11.9 Å². The van der Waals surface area contributed by atoms with Gasteiger partial charge < -0.3 is 20.7 Å². The number of para-hydroxylation sites is 1. The van der Waals surface area contributed by atoms with Crippen LogP contribution in [-0.4, -0.2) is 49.7 Å². The lowest BCUT2D eigenvalue weighted by molar-refractivity contribution is 0.140. The zero-order valence-corrected chi connectivity index (χ0v) is 13.1. The quantitative estimate of drug-likeness (QED) is 0.862. The molecule has 0 aromatic heterocycles. The Kier molecular flexibility index (Phi) is 5.16. The van der Waals surface area contributed by atoms with Gasteiger partial charge in [0.25, 0.3) is 0 Å². The first kappa shape index (κ1) is 15.2. The molecule has 120 valence electrons. The number of aliphatic imine (C=N–C) groups is 1. The Labute approximate surface area is 132 Å². The van der Waals surface area contributed by atoms with Crippen LogP contribution in [0, 0.1) is 0 Å². The Morgan fingerprint density at radius 3 is 3.09 bits per heavy atom. The normalized spacial score (nSPS) is 20.4. The van der Waals surface area contributed by atoms with Crippen molar-refractivity contribution >= 4 is 5.96 Å². The average Bonchev–Trinajstić information content (AvgIpc) is 2.59. The molecule has 2 aliphatic rings. The molecule has 1 aromatic rings. The summed E-state index contributed by atoms with van der Waals surface area (Å²) in [5.74, 6) is 2.05. The van der Waals surface area contributed by atoms with Crippen molar-refractivity contribution in [1.29, 1.82) is 0 Å². The third-order valence-corrected chi connectivity index (χ3v) is 4.24. The second-order valence-corrected chi connectivity index (χ2v) is 5.96. The summed E-state index contributed by atoms with van der Waals surface area (Å²) in [6, 6.07) is 8.35. The summed E-state index contributed by atoms with van der Waals surface area (Å²) < 4.78 is 6.18. The molecule has 0 amide bonds. The maximum atomic E-state index is 6.18. The molecule has 0 saturated carbocycles. The van der Waals surface area contributed by atoms with E-state index in [9.17, 15) is 0 Å². The van der Waals surface area contributed by atoms with Crippen molar-refractivity contribution in [2.75, 3.05) is 32.7 Å². The third kappa shape index (κ3) is 3.71. The van der Waals surface area contributed by atoms with Gasteiger partial charge in [-0.3, -0.25) is 4.99 Å². The molecule has 2 aliphatic heterocycles. The smallest absolute Gasteiger partial charge is 0.194 e. The zero-order valence-electron chi connectivity index (χ0n) is 13.1. The van der Waals surface area contributed by atoms with Crippen molar-refractivity contribution in [2.24, 2.45) is 10.7 Å². The van der Waals surface area contributed by atoms with Crippen molar-refractivity contribution in [3.05, 3.63) is 29.8 Å². The second kappa shape index (κ2) is 7.49. The number of hydrogen-bond donors (Lipinski definition) is 2. The zero-order chi connectivity index (χ0) is 15.2. The highest BCUT2D eigenvalue weighted by Crippen LogP contribution is 2.27. The van der Waals surface area contributed by atoms with Crippen molar-refractivity contribution in [2.45, 2.75) is 31.8 Å². The molecule has 0 saturated heterocycles. The van der Waals surface area contributed by atoms with E-state index in [2.05, 4.69) is 33.4 Å². The Balaban J connectivity index is 1.64. The topological polar surface area (TPSA) is 62.9 Å². The van der Waals surface area contributed by atoms with Crippen LogP contribution in [0.25, 0.3) is 0 Å². The van der Waals surface area contributed by atoms with Crippen LogP contribution < -0.4 is 15.8 Å². The number of ether oxygens (including phenoxy) is 1. The van der Waals surface area contributed by atoms with E-state index in [1.807, 2.05) is 6.07 Å². The van der Waals surface area contributed by atoms with Crippen LogP contribution in [0.5, 0.6) is 5.75 Å². The molecule has 5 nitrogen and oxygen atoms in total. The van der Waals surface area contributed by atoms with E-state index in [0.717, 1.165) is 63.6 Å². The second-order valence-electron chi connectivity index (χ2n) is 5.96. The fourth-order valence-corrected chi connectivity index (χ4v) is 3.05. The van der Waals surface area contributed by atoms with Gasteiger partial charge in [-0.2, -0.15) is 0 Å². The van der Waals surface area contributed by atoms with Crippen molar-refractivity contribution < 1.29 is 4.74 Å². The lowest BCUT2D eigenvalue weighted by Crippen LogP contribution is -2.49. The van der Waals surface area contributed by atoms with Gasteiger partial charge in [0, 0.05) is 19.6 Å². The monoisotopic (exact) mass is 302 g/mol. The van der Waals surface area contributed by atoms with Gasteiger partial charge in [-0.25, -0.2) is 0 Å². The van der Waals surface area contributed by atoms with Gasteiger partial charge >= 0.3 is 0 Å². The van der Waals surface area contributed by atoms with E-state index in [4.69, 9.17) is 10.5 Å². The number of nitrogens with zero attached hydrogens (tertiary/aromatic N) is 2. The van der Waals surface area contributed by atoms with Crippen molar-refractivity contribution in [3.8, 4) is 5.75 Å². The fourth-order valence-electron chi connectivity index (χ4n) is 3.05. The Morgan fingerprint density at radius 2 is 2.27 bits per heavy atom. The SMILES string of the molecule is NCCCN(C[C@H]1CCc2ccccc2O1)C1=NCCCN1. The lowest BCUT2D eigenvalue weighted by atomic mass is 10.0. The standard InChI is InChI=1S/C17H26N4O/c18-9-3-12-21(17-19-10-4-11-20-17)13-15-8-7-14-5-1-2-6-16(14)22-15/h1-2,5-6,15H,3-4,7-13,18H2,(H,19,20)/t15-/m1/s1. The van der Waals surface area contributed by atoms with Gasteiger partial charge in [0.05, 0.1) is 6.54 Å². The van der Waals surface area contributed by atoms with Crippen LogP contribution in [0.2, 0.25) is 0 Å². The lowest BCUT2D eigenvalue weighted by Gasteiger charge is -2.34. The van der Waals surface area contributed by atoms with Crippen LogP contribution in [-0.2, 0) is 6.42 Å². The largest absolute Gasteiger partial charge is 0.488 e. The minimum Gasteiger partial charge on any atom is -0.488 e. The molecule has 0 unspecified atom stereocenters. The van der Waals surface area contributed by atoms with Crippen LogP contribution in [0.3, 0.4) is 0 Å². The summed E-state index contributed by atoms with van der Waals surface area (Å²) >= 11 is 0. The minimum absolute atomic E-state index is 0.221. The maximum absolute atomic E-state index is 6.18. The molecule has 1 atom stereocenters. The summed E-state index contributed by atoms with van der Waals surface area (Å²) in [5, 5.41) is 3.42. The molecule has 3 rings (SSSR count). The highest BCUT2D eigenvalue weighted by atomic mass is 16.5. The number of fused-ring (bicyclic) bond motifs is 1. The molecule has 22 heavy (non-hydrogen) atoms. The Morgan fingerprint density at radius 1 is 1.36 bits per heavy atom. The number of hydrogen-bond acceptors (Lipinski definition) is 5. The summed E-state index contributed by atoms with van der Waals surface area (Å²) in [5.41, 5.74) is 7.00. The first-order valence-electron chi connectivity index (χ1n) is 8.34. The summed E-state index contributed by atoms with van der Waals surface area (Å²) in [7, 11) is 0. The Hall–Kier alpha value is -1.75. The van der Waals surface area contributed by atoms with Crippen LogP contribution in [0.15, 0.2) is 29.3 Å². The predicted octanol–water partition coefficient (Wildman–Crippen LogP) is 1.38. The first-order chi connectivity index (χ1) is 10.9. The predicted molar refractivity (Wildman–Crippen MR) is 89.3 cm³/mol. The number of guanidine groups is 1. The molecule has 0 radical (unpaired) electrons. The van der Waals surface area contributed by atoms with E-state index in [0.29, 0.717) is 6.54 Å². The molecule has 0 spiro atoms.